The molecule has 0 spiro atoms. The standard InChI is InChI=1S/C28H35N3O5.C27H29N3O5S.C27H26N2O5.C26H27N3O5S.4CH4/c1-3-22-23(14-21-12-8-7-11-20(21)13-19-9-5-4-6-10-19)31-15-18(2)30-28(36-17-35-16-32)25(31)24(22)26(33)27(29)34;1-4-18-10-11-22(36-18)20-9-7-6-8-17(20)12-21-19(5-2)23(25(32)26(28)33)24-27(35-15-34-14-31)29-16(3)13-30(21)24;1-2-21-25(26(31)27(28)32)24-22(13-8-14-23(24)34-17-33-16-30)29(21)15-19-11-6-7-12-20(19)18-9-4-3-5-10-18;1-4-18-20(11-17-7-5-6-8-19(17)21-10-9-16(3)35-21)29-12-15(2)28-26(34-14-33-13-30)23(29)22(18)24(31)25(27)32;;;;/h7-8,11-12,15,19,32H,3-6,9-10,13-14,16-17H2,1-2H3,(H2,29,34);6-11,13,31H,4-5,12,14-15H2,1-3H3,(H2,28,33);3-14,30H,2,15-17H2,1H3,(H2,28,32);5-10,12,30H,4,11,13-14H2,1-3H3,(H2,27,32);4*1H4. The lowest BCUT2D eigenvalue weighted by molar-refractivity contribution is -0.114. The van der Waals surface area contributed by atoms with Crippen LogP contribution in [0.3, 0.4) is 0 Å². The van der Waals surface area contributed by atoms with Gasteiger partial charge < -0.3 is 99.0 Å². The van der Waals surface area contributed by atoms with Crippen molar-refractivity contribution in [3.8, 4) is 55.4 Å². The van der Waals surface area contributed by atoms with Crippen LogP contribution in [-0.2, 0) is 102 Å². The second-order valence-corrected chi connectivity index (χ2v) is 36.1. The van der Waals surface area contributed by atoms with Crippen molar-refractivity contribution in [1.82, 2.24) is 32.7 Å². The Morgan fingerprint density at radius 3 is 1.16 bits per heavy atom. The Balaban J connectivity index is 0.000000213. The molecule has 145 heavy (non-hydrogen) atoms. The Morgan fingerprint density at radius 1 is 0.379 bits per heavy atom. The number of ether oxygens (including phenoxy) is 8. The molecule has 0 aliphatic heterocycles. The fraction of sp³-hybridized carbons (Fsp3) is 0.330. The number of nitrogens with zero attached hydrogens (tertiary/aromatic N) is 7. The highest BCUT2D eigenvalue weighted by atomic mass is 32.1. The largest absolute Gasteiger partial charge is 0.467 e. The fourth-order valence-electron chi connectivity index (χ4n) is 18.6. The number of nitrogens with two attached hydrogens (primary N) is 4. The van der Waals surface area contributed by atoms with Crippen molar-refractivity contribution in [2.75, 3.05) is 54.3 Å². The lowest BCUT2D eigenvalue weighted by Crippen LogP contribution is -2.24. The Kier molecular flexibility index (Phi) is 42.5. The molecule has 6 aromatic carbocycles. The number of thiophene rings is 2. The molecule has 1 saturated carbocycles. The minimum absolute atomic E-state index is 0. The highest BCUT2D eigenvalue weighted by Gasteiger charge is 2.35. The van der Waals surface area contributed by atoms with Gasteiger partial charge >= 0.3 is 0 Å². The number of primary amides is 4. The smallest absolute Gasteiger partial charge is 0.289 e. The highest BCUT2D eigenvalue weighted by molar-refractivity contribution is 7.15. The first-order chi connectivity index (χ1) is 68.2. The lowest BCUT2D eigenvalue weighted by Gasteiger charge is -2.23. The van der Waals surface area contributed by atoms with E-state index in [1.54, 1.807) is 28.7 Å². The first kappa shape index (κ1) is 114. The summed E-state index contributed by atoms with van der Waals surface area (Å²) in [4.78, 5) is 118. The van der Waals surface area contributed by atoms with Crippen LogP contribution >= 0.6 is 22.7 Å². The Labute approximate surface area is 853 Å². The molecule has 15 aromatic rings. The van der Waals surface area contributed by atoms with Crippen molar-refractivity contribution in [2.24, 2.45) is 28.9 Å². The number of carbonyl (C=O) groups excluding carboxylic acids is 8. The summed E-state index contributed by atoms with van der Waals surface area (Å²) in [6.07, 6.45) is 17.6. The molecule has 9 heterocycles. The average molecular weight is 2020 g/mol. The van der Waals surface area contributed by atoms with E-state index in [0.29, 0.717) is 119 Å². The molecule has 0 unspecified atom stereocenters. The van der Waals surface area contributed by atoms with Crippen LogP contribution in [0.2, 0.25) is 0 Å². The van der Waals surface area contributed by atoms with Crippen LogP contribution in [0, 0.1) is 33.6 Å². The first-order valence-electron chi connectivity index (χ1n) is 46.6. The Bertz CT molecular complexity index is 7060. The third kappa shape index (κ3) is 26.3. The SMILES string of the molecule is C.C.C.C.CCc1c(C(=O)C(N)=O)c2c(OCOCO)cccc2n1Cc1ccccc1-c1ccccc1.CCc1c(C(=O)C(N)=O)c2c(OCOCO)nc(C)cn2c1Cc1ccccc1-c1ccc(C)s1.CCc1c(C(=O)C(N)=O)c2c(OCOCO)nc(C)cn2c1Cc1ccccc1CC1CCCCC1.CCc1ccc(-c2ccccc2Cc2c(CC)c(C(=O)C(N)=O)c3c(OCOCO)nc(C)cn23)s1. The molecule has 0 bridgehead atoms. The van der Waals surface area contributed by atoms with Crippen molar-refractivity contribution < 1.29 is 96.7 Å². The molecule has 16 rings (SSSR count). The van der Waals surface area contributed by atoms with Gasteiger partial charge in [-0.1, -0.05) is 230 Å². The van der Waals surface area contributed by atoms with Gasteiger partial charge in [-0.05, 0) is 175 Å². The van der Waals surface area contributed by atoms with E-state index in [0.717, 1.165) is 84.8 Å². The van der Waals surface area contributed by atoms with Crippen LogP contribution in [-0.4, -0.2) is 154 Å². The molecule has 31 nitrogen and oxygen atoms in total. The van der Waals surface area contributed by atoms with Crippen LogP contribution in [0.5, 0.6) is 23.4 Å². The number of aromatic nitrogens is 7. The maximum Gasteiger partial charge on any atom is 0.289 e. The van der Waals surface area contributed by atoms with Crippen molar-refractivity contribution in [3.05, 3.63) is 305 Å². The molecule has 1 fully saturated rings. The Morgan fingerprint density at radius 2 is 0.759 bits per heavy atom. The van der Waals surface area contributed by atoms with Gasteiger partial charge in [0.25, 0.3) is 46.8 Å². The van der Waals surface area contributed by atoms with Crippen molar-refractivity contribution in [2.45, 2.75) is 188 Å². The van der Waals surface area contributed by atoms with Gasteiger partial charge in [0, 0.05) is 86.7 Å². The predicted molar refractivity (Wildman–Crippen MR) is 565 cm³/mol. The molecule has 1 aliphatic rings. The summed E-state index contributed by atoms with van der Waals surface area (Å²) in [5.41, 5.74) is 42.1. The maximum atomic E-state index is 13.1. The molecule has 1 aliphatic carbocycles. The van der Waals surface area contributed by atoms with Gasteiger partial charge in [0.05, 0.1) is 50.2 Å². The molecule has 12 N–H and O–H groups in total. The molecule has 33 heteroatoms. The van der Waals surface area contributed by atoms with Crippen LogP contribution < -0.4 is 41.9 Å². The minimum atomic E-state index is -1.05. The number of fused-ring (bicyclic) bond motifs is 4. The zero-order valence-electron chi connectivity index (χ0n) is 80.3. The third-order valence-electron chi connectivity index (χ3n) is 24.7. The number of carbonyl (C=O) groups is 8. The average Bonchev–Trinajstić information content (AvgIpc) is 1.60. The molecule has 9 aromatic heterocycles. The number of Topliss-reactive ketones (excluding diaryl/α,β-unsaturated/α-hetero) is 4. The molecular weight excluding hydrogens is 1880 g/mol. The summed E-state index contributed by atoms with van der Waals surface area (Å²) in [7, 11) is 0. The number of ketones is 4. The van der Waals surface area contributed by atoms with E-state index in [4.69, 9.17) is 81.3 Å². The second kappa shape index (κ2) is 53.9. The van der Waals surface area contributed by atoms with Gasteiger partial charge in [0.15, 0.2) is 27.2 Å². The third-order valence-corrected chi connectivity index (χ3v) is 27.0. The fourth-order valence-corrected chi connectivity index (χ4v) is 20.5. The van der Waals surface area contributed by atoms with E-state index in [2.05, 4.69) is 120 Å². The zero-order valence-corrected chi connectivity index (χ0v) is 81.9. The Hall–Kier alpha value is -14.2. The summed E-state index contributed by atoms with van der Waals surface area (Å²) >= 11 is 3.49. The van der Waals surface area contributed by atoms with E-state index < -0.39 is 73.9 Å². The molecule has 0 radical (unpaired) electrons. The van der Waals surface area contributed by atoms with Gasteiger partial charge in [-0.15, -0.1) is 22.7 Å². The van der Waals surface area contributed by atoms with Gasteiger partial charge in [-0.2, -0.15) is 0 Å². The molecule has 4 amide bonds. The van der Waals surface area contributed by atoms with Crippen molar-refractivity contribution in [1.29, 1.82) is 0 Å². The summed E-state index contributed by atoms with van der Waals surface area (Å²) in [5.74, 6) is -5.80. The summed E-state index contributed by atoms with van der Waals surface area (Å²) in [6.45, 7) is 14.9. The number of aryl methyl sites for hydroxylation is 5. The summed E-state index contributed by atoms with van der Waals surface area (Å²) < 4.78 is 50.0. The first-order valence-corrected chi connectivity index (χ1v) is 48.3. The number of rotatable bonds is 42. The quantitative estimate of drug-likeness (QED) is 0.00762. The van der Waals surface area contributed by atoms with Crippen LogP contribution in [0.15, 0.2) is 188 Å². The van der Waals surface area contributed by atoms with E-state index >= 15 is 0 Å². The summed E-state index contributed by atoms with van der Waals surface area (Å²) in [5, 5.41) is 36.3. The van der Waals surface area contributed by atoms with E-state index in [1.807, 2.05) is 158 Å². The van der Waals surface area contributed by atoms with E-state index in [9.17, 15) is 38.4 Å². The lowest BCUT2D eigenvalue weighted by atomic mass is 9.83. The topological polar surface area (TPSA) is 452 Å². The van der Waals surface area contributed by atoms with Crippen molar-refractivity contribution in [3.63, 3.8) is 0 Å². The minimum Gasteiger partial charge on any atom is -0.467 e. The highest BCUT2D eigenvalue weighted by Crippen LogP contribution is 2.43. The number of benzene rings is 6. The van der Waals surface area contributed by atoms with Gasteiger partial charge in [-0.25, -0.2) is 15.0 Å². The number of aliphatic hydroxyl groups excluding tert-OH is 4. The summed E-state index contributed by atoms with van der Waals surface area (Å²) in [6, 6.07) is 56.9. The predicted octanol–water partition coefficient (Wildman–Crippen LogP) is 18.2. The van der Waals surface area contributed by atoms with E-state index in [-0.39, 0.29) is 96.8 Å². The number of hydrogen-bond acceptors (Lipinski definition) is 25. The number of hydrogen-bond donors (Lipinski definition) is 8. The molecule has 0 saturated heterocycles. The van der Waals surface area contributed by atoms with Crippen LogP contribution in [0.25, 0.3) is 59.5 Å². The maximum absolute atomic E-state index is 13.1. The normalized spacial score (nSPS) is 11.6. The van der Waals surface area contributed by atoms with Crippen LogP contribution in [0.4, 0.5) is 0 Å². The zero-order chi connectivity index (χ0) is 101. The second-order valence-electron chi connectivity index (χ2n) is 33.6. The number of aliphatic hydroxyl groups is 4. The van der Waals surface area contributed by atoms with Crippen molar-refractivity contribution >= 4 is 96.9 Å². The van der Waals surface area contributed by atoms with Gasteiger partial charge in [-0.3, -0.25) is 38.4 Å². The van der Waals surface area contributed by atoms with Gasteiger partial charge in [0.2, 0.25) is 17.6 Å². The monoisotopic (exact) mass is 2020 g/mol. The molecule has 768 valence electrons. The number of amides is 4. The van der Waals surface area contributed by atoms with Gasteiger partial charge in [0.1, 0.15) is 49.5 Å². The molecule has 0 atom stereocenters. The van der Waals surface area contributed by atoms with Crippen LogP contribution in [0.1, 0.15) is 232 Å². The molecular formula is C112H133N11O20S2. The van der Waals surface area contributed by atoms with E-state index in [1.165, 1.54) is 57.9 Å².